The van der Waals surface area contributed by atoms with Crippen LogP contribution in [-0.4, -0.2) is 22.6 Å². The lowest BCUT2D eigenvalue weighted by Crippen LogP contribution is -2.14. The highest BCUT2D eigenvalue weighted by Crippen LogP contribution is 2.22. The highest BCUT2D eigenvalue weighted by Gasteiger charge is 2.06. The molecule has 0 unspecified atom stereocenters. The molecule has 0 aliphatic rings. The van der Waals surface area contributed by atoms with Crippen molar-refractivity contribution in [2.75, 3.05) is 16.4 Å². The molecule has 24 heavy (non-hydrogen) atoms. The molecule has 2 rings (SSSR count). The highest BCUT2D eigenvalue weighted by atomic mass is 32.2. The van der Waals surface area contributed by atoms with Crippen molar-refractivity contribution >= 4 is 35.1 Å². The van der Waals surface area contributed by atoms with Crippen LogP contribution in [0.25, 0.3) is 0 Å². The van der Waals surface area contributed by atoms with Crippen LogP contribution in [0.15, 0.2) is 53.6 Å². The van der Waals surface area contributed by atoms with Crippen molar-refractivity contribution in [3.63, 3.8) is 0 Å². The van der Waals surface area contributed by atoms with E-state index in [0.717, 1.165) is 23.4 Å². The van der Waals surface area contributed by atoms with Gasteiger partial charge in [0.1, 0.15) is 5.82 Å². The van der Waals surface area contributed by atoms with Gasteiger partial charge in [-0.25, -0.2) is 4.98 Å². The van der Waals surface area contributed by atoms with Crippen LogP contribution < -0.4 is 10.6 Å². The Bertz CT molecular complexity index is 677. The van der Waals surface area contributed by atoms with E-state index in [1.807, 2.05) is 30.3 Å². The van der Waals surface area contributed by atoms with Gasteiger partial charge in [-0.1, -0.05) is 25.5 Å². The third kappa shape index (κ3) is 6.42. The minimum atomic E-state index is -0.115. The molecule has 0 radical (unpaired) electrons. The summed E-state index contributed by atoms with van der Waals surface area (Å²) in [6.45, 7) is 2.06. The smallest absolute Gasteiger partial charge is 0.235 e. The molecule has 126 valence electrons. The maximum Gasteiger partial charge on any atom is 0.235 e. The van der Waals surface area contributed by atoms with Gasteiger partial charge in [-0.15, -0.1) is 11.8 Å². The van der Waals surface area contributed by atoms with Crippen LogP contribution in [0.5, 0.6) is 0 Å². The number of nitrogens with zero attached hydrogens (tertiary/aromatic N) is 1. The molecule has 0 bridgehead atoms. The normalized spacial score (nSPS) is 10.2. The van der Waals surface area contributed by atoms with Gasteiger partial charge < -0.3 is 10.6 Å². The number of unbranched alkanes of at least 4 members (excludes halogenated alkanes) is 1. The predicted molar refractivity (Wildman–Crippen MR) is 98.2 cm³/mol. The van der Waals surface area contributed by atoms with E-state index in [0.29, 0.717) is 12.2 Å². The molecule has 0 saturated carbocycles. The second-order valence-corrected chi connectivity index (χ2v) is 6.28. The van der Waals surface area contributed by atoms with Crippen LogP contribution in [0.2, 0.25) is 0 Å². The molecule has 6 heteroatoms. The van der Waals surface area contributed by atoms with E-state index in [9.17, 15) is 9.59 Å². The van der Waals surface area contributed by atoms with E-state index in [4.69, 9.17) is 0 Å². The van der Waals surface area contributed by atoms with E-state index >= 15 is 0 Å². The van der Waals surface area contributed by atoms with Gasteiger partial charge in [-0.2, -0.15) is 0 Å². The molecule has 5 nitrogen and oxygen atoms in total. The van der Waals surface area contributed by atoms with E-state index in [1.165, 1.54) is 11.8 Å². The molecule has 0 saturated heterocycles. The molecule has 2 amide bonds. The molecule has 0 atom stereocenters. The second-order valence-electron chi connectivity index (χ2n) is 5.23. The largest absolute Gasteiger partial charge is 0.326 e. The Balaban J connectivity index is 1.83. The Morgan fingerprint density at radius 2 is 1.96 bits per heavy atom. The number of carbonyl (C=O) groups excluding carboxylic acids is 2. The van der Waals surface area contributed by atoms with Gasteiger partial charge in [-0.3, -0.25) is 9.59 Å². The summed E-state index contributed by atoms with van der Waals surface area (Å²) in [6.07, 6.45) is 4.04. The summed E-state index contributed by atoms with van der Waals surface area (Å²) in [4.78, 5) is 28.7. The zero-order chi connectivity index (χ0) is 17.2. The van der Waals surface area contributed by atoms with E-state index < -0.39 is 0 Å². The van der Waals surface area contributed by atoms with Gasteiger partial charge in [0.2, 0.25) is 11.8 Å². The number of nitrogens with one attached hydrogen (secondary N) is 2. The van der Waals surface area contributed by atoms with Gasteiger partial charge in [0.05, 0.1) is 5.75 Å². The number of carbonyl (C=O) groups is 2. The molecule has 1 aromatic heterocycles. The molecule has 0 fully saturated rings. The third-order valence-corrected chi connectivity index (χ3v) is 4.17. The molecule has 0 spiro atoms. The van der Waals surface area contributed by atoms with Crippen LogP contribution in [0.4, 0.5) is 11.5 Å². The van der Waals surface area contributed by atoms with Crippen LogP contribution in [-0.2, 0) is 9.59 Å². The molecule has 2 aromatic rings. The zero-order valence-corrected chi connectivity index (χ0v) is 14.4. The number of rotatable bonds is 8. The van der Waals surface area contributed by atoms with Gasteiger partial charge in [0.15, 0.2) is 0 Å². The fourth-order valence-corrected chi connectivity index (χ4v) is 2.74. The van der Waals surface area contributed by atoms with Crippen molar-refractivity contribution < 1.29 is 9.59 Å². The summed E-state index contributed by atoms with van der Waals surface area (Å²) < 4.78 is 0. The molecule has 0 aliphatic carbocycles. The summed E-state index contributed by atoms with van der Waals surface area (Å²) in [5.41, 5.74) is 0.756. The van der Waals surface area contributed by atoms with Crippen molar-refractivity contribution in [1.29, 1.82) is 0 Å². The number of pyridine rings is 1. The van der Waals surface area contributed by atoms with Crippen molar-refractivity contribution in [1.82, 2.24) is 4.98 Å². The quantitative estimate of drug-likeness (QED) is 0.712. The number of aromatic nitrogens is 1. The zero-order valence-electron chi connectivity index (χ0n) is 13.6. The summed E-state index contributed by atoms with van der Waals surface area (Å²) >= 11 is 1.42. The molecular formula is C18H21N3O2S. The molecule has 1 heterocycles. The minimum Gasteiger partial charge on any atom is -0.326 e. The number of thioether (sulfide) groups is 1. The SMILES string of the molecule is CCCCC(=O)Nc1cccc(SCC(=O)Nc2ccccn2)c1. The number of amides is 2. The first-order chi connectivity index (χ1) is 11.7. The predicted octanol–water partition coefficient (Wildman–Crippen LogP) is 3.94. The number of hydrogen-bond donors (Lipinski definition) is 2. The molecule has 2 N–H and O–H groups in total. The fraction of sp³-hybridized carbons (Fsp3) is 0.278. The van der Waals surface area contributed by atoms with Crippen LogP contribution in [0, 0.1) is 0 Å². The maximum atomic E-state index is 11.9. The van der Waals surface area contributed by atoms with Crippen molar-refractivity contribution in [3.8, 4) is 0 Å². The maximum absolute atomic E-state index is 11.9. The van der Waals surface area contributed by atoms with Gasteiger partial charge in [-0.05, 0) is 36.8 Å². The number of hydrogen-bond acceptors (Lipinski definition) is 4. The molecule has 1 aromatic carbocycles. The Hall–Kier alpha value is -2.34. The second kappa shape index (κ2) is 9.72. The van der Waals surface area contributed by atoms with E-state index in [2.05, 4.69) is 22.5 Å². The first-order valence-electron chi connectivity index (χ1n) is 7.91. The monoisotopic (exact) mass is 343 g/mol. The Morgan fingerprint density at radius 1 is 1.08 bits per heavy atom. The first-order valence-corrected chi connectivity index (χ1v) is 8.89. The van der Waals surface area contributed by atoms with Crippen LogP contribution in [0.3, 0.4) is 0 Å². The highest BCUT2D eigenvalue weighted by molar-refractivity contribution is 8.00. The van der Waals surface area contributed by atoms with Crippen LogP contribution >= 0.6 is 11.8 Å². The standard InChI is InChI=1S/C18H21N3O2S/c1-2-3-10-17(22)20-14-7-6-8-15(12-14)24-13-18(23)21-16-9-4-5-11-19-16/h4-9,11-12H,2-3,10,13H2,1H3,(H,20,22)(H,19,21,23). The lowest BCUT2D eigenvalue weighted by molar-refractivity contribution is -0.116. The van der Waals surface area contributed by atoms with Gasteiger partial charge >= 0.3 is 0 Å². The Labute approximate surface area is 146 Å². The van der Waals surface area contributed by atoms with Gasteiger partial charge in [0.25, 0.3) is 0 Å². The van der Waals surface area contributed by atoms with Crippen molar-refractivity contribution in [2.24, 2.45) is 0 Å². The molecular weight excluding hydrogens is 322 g/mol. The summed E-state index contributed by atoms with van der Waals surface area (Å²) in [7, 11) is 0. The summed E-state index contributed by atoms with van der Waals surface area (Å²) in [6, 6.07) is 12.9. The Kier molecular flexibility index (Phi) is 7.29. The number of benzene rings is 1. The van der Waals surface area contributed by atoms with E-state index in [-0.39, 0.29) is 17.6 Å². The fourth-order valence-electron chi connectivity index (χ4n) is 1.99. The van der Waals surface area contributed by atoms with Gasteiger partial charge in [0, 0.05) is 23.2 Å². The van der Waals surface area contributed by atoms with Crippen LogP contribution in [0.1, 0.15) is 26.2 Å². The summed E-state index contributed by atoms with van der Waals surface area (Å²) in [5, 5.41) is 5.62. The lowest BCUT2D eigenvalue weighted by atomic mass is 10.2. The number of anilines is 2. The van der Waals surface area contributed by atoms with E-state index in [1.54, 1.807) is 18.3 Å². The summed E-state index contributed by atoms with van der Waals surface area (Å²) in [5.74, 6) is 0.729. The molecule has 0 aliphatic heterocycles. The third-order valence-electron chi connectivity index (χ3n) is 3.18. The minimum absolute atomic E-state index is 0.0203. The topological polar surface area (TPSA) is 71.1 Å². The average molecular weight is 343 g/mol. The van der Waals surface area contributed by atoms with Crippen molar-refractivity contribution in [3.05, 3.63) is 48.7 Å². The lowest BCUT2D eigenvalue weighted by Gasteiger charge is -2.07. The average Bonchev–Trinajstić information content (AvgIpc) is 2.59. The van der Waals surface area contributed by atoms with Crippen molar-refractivity contribution in [2.45, 2.75) is 31.1 Å². The first kappa shape index (κ1) is 18.0. The Morgan fingerprint density at radius 3 is 2.71 bits per heavy atom.